The summed E-state index contributed by atoms with van der Waals surface area (Å²) >= 11 is 9.22. The summed E-state index contributed by atoms with van der Waals surface area (Å²) in [5.41, 5.74) is 1.41. The lowest BCUT2D eigenvalue weighted by atomic mass is 10.3. The van der Waals surface area contributed by atoms with Crippen LogP contribution in [0, 0.1) is 0 Å². The van der Waals surface area contributed by atoms with E-state index in [0.29, 0.717) is 32.7 Å². The van der Waals surface area contributed by atoms with Crippen LogP contribution < -0.4 is 26.2 Å². The van der Waals surface area contributed by atoms with Crippen molar-refractivity contribution >= 4 is 61.7 Å². The summed E-state index contributed by atoms with van der Waals surface area (Å²) in [6.07, 6.45) is 1.52. The van der Waals surface area contributed by atoms with Crippen LogP contribution in [-0.2, 0) is 10.0 Å². The monoisotopic (exact) mass is 544 g/mol. The molecule has 0 bridgehead atoms. The van der Waals surface area contributed by atoms with Crippen LogP contribution in [0.15, 0.2) is 87.0 Å². The van der Waals surface area contributed by atoms with E-state index in [4.69, 9.17) is 11.6 Å². The number of halogens is 2. The average Bonchev–Trinajstić information content (AvgIpc) is 3.08. The Morgan fingerprint density at radius 3 is 2.18 bits per heavy atom. The zero-order valence-electron chi connectivity index (χ0n) is 17.0. The van der Waals surface area contributed by atoms with E-state index in [9.17, 15) is 13.2 Å². The second-order valence-electron chi connectivity index (χ2n) is 7.05. The molecule has 168 valence electrons. The van der Waals surface area contributed by atoms with Crippen molar-refractivity contribution in [3.05, 3.63) is 103 Å². The normalized spacial score (nSPS) is 12.0. The minimum Gasteiger partial charge on any atom is -0.361 e. The molecular formula is C23H18BrClN4O3S. The number of sulfonamides is 1. The van der Waals surface area contributed by atoms with Crippen molar-refractivity contribution in [1.29, 1.82) is 0 Å². The van der Waals surface area contributed by atoms with Crippen LogP contribution in [0.3, 0.4) is 0 Å². The molecule has 3 aromatic carbocycles. The zero-order chi connectivity index (χ0) is 23.6. The van der Waals surface area contributed by atoms with Gasteiger partial charge in [0.15, 0.2) is 0 Å². The predicted molar refractivity (Wildman–Crippen MR) is 136 cm³/mol. The number of hydrogen-bond acceptors (Lipinski definition) is 4. The Labute approximate surface area is 203 Å². The molecule has 0 fully saturated rings. The van der Waals surface area contributed by atoms with Gasteiger partial charge in [0.05, 0.1) is 21.2 Å². The van der Waals surface area contributed by atoms with Crippen LogP contribution in [-0.4, -0.2) is 18.2 Å². The predicted octanol–water partition coefficient (Wildman–Crippen LogP) is 3.64. The largest absolute Gasteiger partial charge is 0.361 e. The molecule has 0 aliphatic rings. The first-order valence-electron chi connectivity index (χ1n) is 9.64. The lowest BCUT2D eigenvalue weighted by Gasteiger charge is -2.09. The molecule has 3 N–H and O–H groups in total. The molecule has 0 amide bonds. The Bertz CT molecular complexity index is 1560. The van der Waals surface area contributed by atoms with Crippen molar-refractivity contribution in [2.75, 3.05) is 10.0 Å². The molecule has 0 unspecified atom stereocenters. The topological polar surface area (TPSA) is 96.0 Å². The molecule has 0 aliphatic carbocycles. The average molecular weight is 546 g/mol. The van der Waals surface area contributed by atoms with Crippen LogP contribution in [0.1, 0.15) is 0 Å². The van der Waals surface area contributed by atoms with Crippen LogP contribution in [0.4, 0.5) is 11.4 Å². The van der Waals surface area contributed by atoms with Crippen LogP contribution in [0.2, 0.25) is 5.02 Å². The molecule has 0 aliphatic heterocycles. The SMILES string of the molecule is C=c1[nH]n(-c2ccc(Cl)cc2)c(=O)c1=CNc1ccc(S(=O)(=O)Nc2ccc(Br)cc2)cc1. The van der Waals surface area contributed by atoms with E-state index in [2.05, 4.69) is 37.6 Å². The number of benzene rings is 3. The lowest BCUT2D eigenvalue weighted by Crippen LogP contribution is -2.34. The number of hydrogen-bond donors (Lipinski definition) is 3. The Kier molecular flexibility index (Phi) is 6.46. The van der Waals surface area contributed by atoms with Gasteiger partial charge in [-0.3, -0.25) is 14.6 Å². The minimum atomic E-state index is -3.73. The number of aromatic amines is 1. The highest BCUT2D eigenvalue weighted by molar-refractivity contribution is 9.10. The molecule has 1 aromatic heterocycles. The molecule has 33 heavy (non-hydrogen) atoms. The molecule has 0 radical (unpaired) electrons. The summed E-state index contributed by atoms with van der Waals surface area (Å²) in [5.74, 6) is 0. The number of aromatic nitrogens is 2. The van der Waals surface area contributed by atoms with E-state index in [0.717, 1.165) is 4.47 Å². The quantitative estimate of drug-likeness (QED) is 0.345. The third kappa shape index (κ3) is 5.22. The van der Waals surface area contributed by atoms with E-state index in [1.807, 2.05) is 0 Å². The molecule has 10 heteroatoms. The standard InChI is InChI=1S/C23H18BrClN4O3S/c1-15-22(23(30)29(27-15)20-10-4-17(25)5-11-20)14-26-18-8-12-21(13-9-18)33(31,32)28-19-6-2-16(24)3-7-19/h2-14,26-28H,1H2. The Hall–Kier alpha value is -3.27. The van der Waals surface area contributed by atoms with E-state index in [1.54, 1.807) is 60.7 Å². The Morgan fingerprint density at radius 1 is 0.939 bits per heavy atom. The van der Waals surface area contributed by atoms with Crippen LogP contribution in [0.25, 0.3) is 18.5 Å². The summed E-state index contributed by atoms with van der Waals surface area (Å²) in [7, 11) is -3.73. The maximum absolute atomic E-state index is 12.8. The first-order valence-corrected chi connectivity index (χ1v) is 12.3. The van der Waals surface area contributed by atoms with Gasteiger partial charge in [0, 0.05) is 27.1 Å². The zero-order valence-corrected chi connectivity index (χ0v) is 20.2. The number of anilines is 2. The third-order valence-corrected chi connectivity index (χ3v) is 6.91. The smallest absolute Gasteiger partial charge is 0.280 e. The number of H-pyrrole nitrogens is 1. The maximum Gasteiger partial charge on any atom is 0.280 e. The molecule has 0 atom stereocenters. The number of rotatable bonds is 6. The molecule has 0 spiro atoms. The summed E-state index contributed by atoms with van der Waals surface area (Å²) in [6.45, 7) is 3.88. The second-order valence-corrected chi connectivity index (χ2v) is 10.1. The van der Waals surface area contributed by atoms with Gasteiger partial charge >= 0.3 is 0 Å². The van der Waals surface area contributed by atoms with Gasteiger partial charge in [-0.05, 0) is 72.8 Å². The van der Waals surface area contributed by atoms with Gasteiger partial charge in [0.25, 0.3) is 15.6 Å². The van der Waals surface area contributed by atoms with Crippen molar-refractivity contribution in [2.45, 2.75) is 4.90 Å². The second kappa shape index (κ2) is 9.30. The highest BCUT2D eigenvalue weighted by Crippen LogP contribution is 2.20. The summed E-state index contributed by atoms with van der Waals surface area (Å²) in [6, 6.07) is 19.8. The van der Waals surface area contributed by atoms with Crippen molar-refractivity contribution < 1.29 is 8.42 Å². The van der Waals surface area contributed by atoms with Gasteiger partial charge in [-0.2, -0.15) is 0 Å². The molecular weight excluding hydrogens is 528 g/mol. The first-order chi connectivity index (χ1) is 15.7. The van der Waals surface area contributed by atoms with E-state index in [-0.39, 0.29) is 10.5 Å². The molecule has 4 aromatic rings. The summed E-state index contributed by atoms with van der Waals surface area (Å²) in [5, 5.41) is 7.29. The van der Waals surface area contributed by atoms with Gasteiger partial charge in [-0.15, -0.1) is 0 Å². The van der Waals surface area contributed by atoms with Crippen LogP contribution in [0.5, 0.6) is 0 Å². The Morgan fingerprint density at radius 2 is 1.55 bits per heavy atom. The van der Waals surface area contributed by atoms with Gasteiger partial charge in [-0.25, -0.2) is 13.1 Å². The molecule has 4 rings (SSSR count). The van der Waals surface area contributed by atoms with Crippen LogP contribution >= 0.6 is 27.5 Å². The van der Waals surface area contributed by atoms with Gasteiger partial charge in [0.2, 0.25) is 0 Å². The van der Waals surface area contributed by atoms with Gasteiger partial charge in [-0.1, -0.05) is 34.1 Å². The molecule has 1 heterocycles. The highest BCUT2D eigenvalue weighted by atomic mass is 79.9. The van der Waals surface area contributed by atoms with Gasteiger partial charge < -0.3 is 5.32 Å². The van der Waals surface area contributed by atoms with Crippen molar-refractivity contribution in [2.24, 2.45) is 0 Å². The highest BCUT2D eigenvalue weighted by Gasteiger charge is 2.14. The van der Waals surface area contributed by atoms with Crippen molar-refractivity contribution in [3.63, 3.8) is 0 Å². The lowest BCUT2D eigenvalue weighted by molar-refractivity contribution is 0.601. The van der Waals surface area contributed by atoms with E-state index in [1.165, 1.54) is 23.0 Å². The molecule has 0 saturated carbocycles. The van der Waals surface area contributed by atoms with Crippen molar-refractivity contribution in [1.82, 2.24) is 9.78 Å². The number of nitrogens with one attached hydrogen (secondary N) is 3. The summed E-state index contributed by atoms with van der Waals surface area (Å²) < 4.78 is 30.0. The molecule has 7 nitrogen and oxygen atoms in total. The maximum atomic E-state index is 12.8. The summed E-state index contributed by atoms with van der Waals surface area (Å²) in [4.78, 5) is 12.9. The first kappa shape index (κ1) is 22.9. The minimum absolute atomic E-state index is 0.112. The third-order valence-electron chi connectivity index (χ3n) is 4.73. The Balaban J connectivity index is 1.54. The number of nitrogens with zero attached hydrogens (tertiary/aromatic N) is 1. The van der Waals surface area contributed by atoms with Gasteiger partial charge in [0.1, 0.15) is 0 Å². The molecule has 0 saturated heterocycles. The van der Waals surface area contributed by atoms with E-state index < -0.39 is 10.0 Å². The fourth-order valence-electron chi connectivity index (χ4n) is 3.03. The van der Waals surface area contributed by atoms with E-state index >= 15 is 0 Å². The van der Waals surface area contributed by atoms with Crippen molar-refractivity contribution in [3.8, 4) is 5.69 Å². The fourth-order valence-corrected chi connectivity index (χ4v) is 4.48. The fraction of sp³-hybridized carbons (Fsp3) is 0.